The van der Waals surface area contributed by atoms with Crippen LogP contribution in [0, 0.1) is 0 Å². The van der Waals surface area contributed by atoms with Crippen molar-refractivity contribution in [3.05, 3.63) is 0 Å². The van der Waals surface area contributed by atoms with Gasteiger partial charge in [-0.05, 0) is 32.9 Å². The van der Waals surface area contributed by atoms with Gasteiger partial charge in [-0.15, -0.1) is 0 Å². The van der Waals surface area contributed by atoms with Gasteiger partial charge in [-0.3, -0.25) is 4.90 Å². The molecule has 0 aromatic heterocycles. The Bertz CT molecular complexity index is 169. The molecule has 0 bridgehead atoms. The summed E-state index contributed by atoms with van der Waals surface area (Å²) < 4.78 is 0. The number of nitrogens with zero attached hydrogens (tertiary/aromatic N) is 2. The normalized spacial score (nSPS) is 38.5. The molecule has 1 atom stereocenters. The average Bonchev–Trinajstić information content (AvgIpc) is 2.44. The summed E-state index contributed by atoms with van der Waals surface area (Å²) in [6, 6.07) is 0. The first-order valence-corrected chi connectivity index (χ1v) is 5.22. The quantitative estimate of drug-likeness (QED) is 0.580. The van der Waals surface area contributed by atoms with Gasteiger partial charge in [0.05, 0.1) is 0 Å². The molecule has 2 saturated heterocycles. The maximum atomic E-state index is 2.68. The molecule has 2 heteroatoms. The van der Waals surface area contributed by atoms with Crippen molar-refractivity contribution in [1.29, 1.82) is 0 Å². The molecule has 0 aromatic rings. The lowest BCUT2D eigenvalue weighted by Crippen LogP contribution is -2.57. The molecule has 2 aliphatic rings. The molecule has 0 saturated carbocycles. The standard InChI is InChI=1S/C10H20N2/c1-3-11-7-8-12-6-4-5-10(12,2)9-11/h3-9H2,1-2H3/t10-/m1/s1. The molecule has 0 radical (unpaired) electrons. The Morgan fingerprint density at radius 2 is 2.08 bits per heavy atom. The van der Waals surface area contributed by atoms with E-state index in [0.29, 0.717) is 5.54 Å². The van der Waals surface area contributed by atoms with Crippen LogP contribution in [0.15, 0.2) is 0 Å². The van der Waals surface area contributed by atoms with Gasteiger partial charge >= 0.3 is 0 Å². The zero-order valence-electron chi connectivity index (χ0n) is 8.34. The lowest BCUT2D eigenvalue weighted by molar-refractivity contribution is 0.0430. The predicted molar refractivity (Wildman–Crippen MR) is 51.3 cm³/mol. The molecule has 2 nitrogen and oxygen atoms in total. The van der Waals surface area contributed by atoms with Crippen molar-refractivity contribution in [2.75, 3.05) is 32.7 Å². The van der Waals surface area contributed by atoms with Crippen LogP contribution in [-0.4, -0.2) is 48.1 Å². The minimum atomic E-state index is 0.522. The van der Waals surface area contributed by atoms with E-state index in [1.54, 1.807) is 0 Å². The van der Waals surface area contributed by atoms with Gasteiger partial charge in [0.2, 0.25) is 0 Å². The van der Waals surface area contributed by atoms with E-state index in [1.165, 1.54) is 45.6 Å². The molecule has 0 unspecified atom stereocenters. The summed E-state index contributed by atoms with van der Waals surface area (Å²) in [6.07, 6.45) is 2.82. The largest absolute Gasteiger partial charge is 0.301 e. The van der Waals surface area contributed by atoms with Crippen LogP contribution in [0.2, 0.25) is 0 Å². The number of piperazine rings is 1. The fourth-order valence-electron chi connectivity index (χ4n) is 2.73. The van der Waals surface area contributed by atoms with E-state index >= 15 is 0 Å². The number of hydrogen-bond donors (Lipinski definition) is 0. The fourth-order valence-corrected chi connectivity index (χ4v) is 2.73. The number of likely N-dealkylation sites (N-methyl/N-ethyl adjacent to an activating group) is 1. The van der Waals surface area contributed by atoms with Crippen molar-refractivity contribution in [2.45, 2.75) is 32.2 Å². The van der Waals surface area contributed by atoms with Crippen LogP contribution in [0.3, 0.4) is 0 Å². The second-order valence-electron chi connectivity index (χ2n) is 4.46. The first-order chi connectivity index (χ1) is 5.74. The Labute approximate surface area is 75.5 Å². The SMILES string of the molecule is CCN1CCN2CCC[C@]2(C)C1. The Morgan fingerprint density at radius 1 is 1.25 bits per heavy atom. The Hall–Kier alpha value is -0.0800. The molecule has 0 aliphatic carbocycles. The molecule has 12 heavy (non-hydrogen) atoms. The van der Waals surface area contributed by atoms with Crippen molar-refractivity contribution in [3.63, 3.8) is 0 Å². The molecule has 0 amide bonds. The zero-order chi connectivity index (χ0) is 8.60. The monoisotopic (exact) mass is 168 g/mol. The number of rotatable bonds is 1. The maximum absolute atomic E-state index is 2.68. The van der Waals surface area contributed by atoms with Gasteiger partial charge in [0.15, 0.2) is 0 Å². The Kier molecular flexibility index (Phi) is 2.13. The minimum Gasteiger partial charge on any atom is -0.301 e. The summed E-state index contributed by atoms with van der Waals surface area (Å²) in [4.78, 5) is 5.26. The van der Waals surface area contributed by atoms with Crippen molar-refractivity contribution in [1.82, 2.24) is 9.80 Å². The first kappa shape index (κ1) is 8.52. The van der Waals surface area contributed by atoms with Crippen molar-refractivity contribution in [2.24, 2.45) is 0 Å². The van der Waals surface area contributed by atoms with Gasteiger partial charge in [-0.25, -0.2) is 0 Å². The molecule has 2 heterocycles. The third-order valence-electron chi connectivity index (χ3n) is 3.60. The van der Waals surface area contributed by atoms with Crippen LogP contribution >= 0.6 is 0 Å². The van der Waals surface area contributed by atoms with Crippen LogP contribution in [0.1, 0.15) is 26.7 Å². The van der Waals surface area contributed by atoms with E-state index in [-0.39, 0.29) is 0 Å². The third kappa shape index (κ3) is 1.27. The van der Waals surface area contributed by atoms with Crippen LogP contribution in [0.25, 0.3) is 0 Å². The third-order valence-corrected chi connectivity index (χ3v) is 3.60. The summed E-state index contributed by atoms with van der Waals surface area (Å²) in [5.74, 6) is 0. The number of fused-ring (bicyclic) bond motifs is 1. The summed E-state index contributed by atoms with van der Waals surface area (Å²) in [5.41, 5.74) is 0.522. The predicted octanol–water partition coefficient (Wildman–Crippen LogP) is 1.18. The Morgan fingerprint density at radius 3 is 2.83 bits per heavy atom. The van der Waals surface area contributed by atoms with E-state index in [9.17, 15) is 0 Å². The molecular weight excluding hydrogens is 148 g/mol. The van der Waals surface area contributed by atoms with Crippen molar-refractivity contribution in [3.8, 4) is 0 Å². The molecule has 2 rings (SSSR count). The fraction of sp³-hybridized carbons (Fsp3) is 1.00. The van der Waals surface area contributed by atoms with Crippen LogP contribution in [0.5, 0.6) is 0 Å². The molecule has 2 aliphatic heterocycles. The highest BCUT2D eigenvalue weighted by Crippen LogP contribution is 2.31. The Balaban J connectivity index is 2.04. The summed E-state index contributed by atoms with van der Waals surface area (Å²) in [5, 5.41) is 0. The number of hydrogen-bond acceptors (Lipinski definition) is 2. The van der Waals surface area contributed by atoms with Gasteiger partial charge in [0, 0.05) is 25.2 Å². The second kappa shape index (κ2) is 3.00. The lowest BCUT2D eigenvalue weighted by atomic mass is 9.96. The van der Waals surface area contributed by atoms with Crippen LogP contribution in [-0.2, 0) is 0 Å². The van der Waals surface area contributed by atoms with Gasteiger partial charge in [0.25, 0.3) is 0 Å². The highest BCUT2D eigenvalue weighted by atomic mass is 15.3. The van der Waals surface area contributed by atoms with E-state index in [0.717, 1.165) is 0 Å². The average molecular weight is 168 g/mol. The molecular formula is C10H20N2. The molecule has 0 aromatic carbocycles. The summed E-state index contributed by atoms with van der Waals surface area (Å²) in [7, 11) is 0. The van der Waals surface area contributed by atoms with Gasteiger partial charge in [-0.2, -0.15) is 0 Å². The second-order valence-corrected chi connectivity index (χ2v) is 4.46. The zero-order valence-corrected chi connectivity index (χ0v) is 8.34. The maximum Gasteiger partial charge on any atom is 0.0309 e. The molecule has 0 spiro atoms. The van der Waals surface area contributed by atoms with Crippen molar-refractivity contribution < 1.29 is 0 Å². The first-order valence-electron chi connectivity index (χ1n) is 5.22. The highest BCUT2D eigenvalue weighted by molar-refractivity contribution is 4.97. The summed E-state index contributed by atoms with van der Waals surface area (Å²) in [6.45, 7) is 11.1. The van der Waals surface area contributed by atoms with E-state index in [4.69, 9.17) is 0 Å². The van der Waals surface area contributed by atoms with Gasteiger partial charge < -0.3 is 4.90 Å². The van der Waals surface area contributed by atoms with Crippen LogP contribution < -0.4 is 0 Å². The topological polar surface area (TPSA) is 6.48 Å². The summed E-state index contributed by atoms with van der Waals surface area (Å²) >= 11 is 0. The molecule has 2 fully saturated rings. The van der Waals surface area contributed by atoms with Gasteiger partial charge in [-0.1, -0.05) is 6.92 Å². The highest BCUT2D eigenvalue weighted by Gasteiger charge is 2.40. The van der Waals surface area contributed by atoms with E-state index in [1.807, 2.05) is 0 Å². The molecule has 0 N–H and O–H groups in total. The minimum absolute atomic E-state index is 0.522. The van der Waals surface area contributed by atoms with Gasteiger partial charge in [0.1, 0.15) is 0 Å². The molecule has 70 valence electrons. The lowest BCUT2D eigenvalue weighted by Gasteiger charge is -2.44. The van der Waals surface area contributed by atoms with Crippen LogP contribution in [0.4, 0.5) is 0 Å². The smallest absolute Gasteiger partial charge is 0.0309 e. The van der Waals surface area contributed by atoms with Crippen molar-refractivity contribution >= 4 is 0 Å². The van der Waals surface area contributed by atoms with E-state index in [2.05, 4.69) is 23.6 Å². The van der Waals surface area contributed by atoms with E-state index < -0.39 is 0 Å².